The van der Waals surface area contributed by atoms with E-state index in [9.17, 15) is 13.2 Å². The van der Waals surface area contributed by atoms with Crippen LogP contribution >= 0.6 is 15.9 Å². The SMILES string of the molecule is FC(F)(F)Oc1ccc(C2COc3c(Br)cccc3N2)cc1. The van der Waals surface area contributed by atoms with Crippen LogP contribution in [0.5, 0.6) is 11.5 Å². The van der Waals surface area contributed by atoms with E-state index < -0.39 is 6.36 Å². The summed E-state index contributed by atoms with van der Waals surface area (Å²) >= 11 is 3.41. The van der Waals surface area contributed by atoms with Gasteiger partial charge in [-0.1, -0.05) is 18.2 Å². The molecule has 116 valence electrons. The molecule has 2 aromatic rings. The molecule has 1 aliphatic rings. The second-order valence-corrected chi connectivity index (χ2v) is 5.60. The average Bonchev–Trinajstić information content (AvgIpc) is 2.46. The molecule has 0 aliphatic carbocycles. The van der Waals surface area contributed by atoms with Crippen LogP contribution < -0.4 is 14.8 Å². The summed E-state index contributed by atoms with van der Waals surface area (Å²) in [4.78, 5) is 0. The van der Waals surface area contributed by atoms with E-state index in [1.54, 1.807) is 12.1 Å². The highest BCUT2D eigenvalue weighted by Gasteiger charge is 2.31. The molecule has 1 aliphatic heterocycles. The van der Waals surface area contributed by atoms with Gasteiger partial charge in [-0.3, -0.25) is 0 Å². The maximum Gasteiger partial charge on any atom is 0.573 e. The Labute approximate surface area is 133 Å². The summed E-state index contributed by atoms with van der Waals surface area (Å²) < 4.78 is 46.8. The minimum atomic E-state index is -4.68. The lowest BCUT2D eigenvalue weighted by molar-refractivity contribution is -0.274. The average molecular weight is 374 g/mol. The summed E-state index contributed by atoms with van der Waals surface area (Å²) in [6.45, 7) is 0.384. The molecule has 3 nitrogen and oxygen atoms in total. The Morgan fingerprint density at radius 3 is 2.55 bits per heavy atom. The van der Waals surface area contributed by atoms with E-state index in [2.05, 4.69) is 26.0 Å². The molecular weight excluding hydrogens is 363 g/mol. The van der Waals surface area contributed by atoms with Gasteiger partial charge in [-0.15, -0.1) is 13.2 Å². The lowest BCUT2D eigenvalue weighted by Gasteiger charge is -2.28. The molecule has 0 saturated heterocycles. The highest BCUT2D eigenvalue weighted by atomic mass is 79.9. The number of alkyl halides is 3. The van der Waals surface area contributed by atoms with Gasteiger partial charge in [0.15, 0.2) is 5.75 Å². The quantitative estimate of drug-likeness (QED) is 0.812. The van der Waals surface area contributed by atoms with Crippen molar-refractivity contribution in [1.82, 2.24) is 0 Å². The summed E-state index contributed by atoms with van der Waals surface area (Å²) in [6, 6.07) is 11.3. The first kappa shape index (κ1) is 15.0. The first-order chi connectivity index (χ1) is 10.4. The van der Waals surface area contributed by atoms with Crippen LogP contribution in [0.4, 0.5) is 18.9 Å². The second-order valence-electron chi connectivity index (χ2n) is 4.74. The number of benzene rings is 2. The maximum atomic E-state index is 12.1. The van der Waals surface area contributed by atoms with E-state index >= 15 is 0 Å². The Hall–Kier alpha value is -1.89. The number of para-hydroxylation sites is 1. The molecule has 2 aromatic carbocycles. The third-order valence-electron chi connectivity index (χ3n) is 3.21. The normalized spacial score (nSPS) is 17.2. The van der Waals surface area contributed by atoms with Crippen LogP contribution in [0.2, 0.25) is 0 Å². The van der Waals surface area contributed by atoms with Gasteiger partial charge in [0.25, 0.3) is 0 Å². The van der Waals surface area contributed by atoms with Crippen molar-refractivity contribution >= 4 is 21.6 Å². The first-order valence-corrected chi connectivity index (χ1v) is 7.25. The summed E-state index contributed by atoms with van der Waals surface area (Å²) in [7, 11) is 0. The van der Waals surface area contributed by atoms with Crippen LogP contribution in [0, 0.1) is 0 Å². The van der Waals surface area contributed by atoms with Crippen molar-refractivity contribution in [3.8, 4) is 11.5 Å². The Kier molecular flexibility index (Phi) is 3.90. The highest BCUT2D eigenvalue weighted by molar-refractivity contribution is 9.10. The van der Waals surface area contributed by atoms with Gasteiger partial charge in [-0.05, 0) is 45.8 Å². The summed E-state index contributed by atoms with van der Waals surface area (Å²) in [6.07, 6.45) is -4.68. The van der Waals surface area contributed by atoms with Crippen LogP contribution in [0.25, 0.3) is 0 Å². The van der Waals surface area contributed by atoms with Crippen molar-refractivity contribution in [3.63, 3.8) is 0 Å². The standard InChI is InChI=1S/C15H11BrF3NO2/c16-11-2-1-3-12-14(11)21-8-13(20-12)9-4-6-10(7-5-9)22-15(17,18)19/h1-7,13,20H,8H2. The lowest BCUT2D eigenvalue weighted by Crippen LogP contribution is -2.24. The molecule has 1 atom stereocenters. The molecule has 0 bridgehead atoms. The predicted octanol–water partition coefficient (Wildman–Crippen LogP) is 4.89. The summed E-state index contributed by atoms with van der Waals surface area (Å²) in [5.74, 6) is 0.492. The fourth-order valence-corrected chi connectivity index (χ4v) is 2.73. The third kappa shape index (κ3) is 3.30. The number of hydrogen-bond donors (Lipinski definition) is 1. The van der Waals surface area contributed by atoms with Crippen molar-refractivity contribution in [2.45, 2.75) is 12.4 Å². The molecule has 0 radical (unpaired) electrons. The number of rotatable bonds is 2. The number of fused-ring (bicyclic) bond motifs is 1. The van der Waals surface area contributed by atoms with Crippen molar-refractivity contribution in [3.05, 3.63) is 52.5 Å². The number of ether oxygens (including phenoxy) is 2. The van der Waals surface area contributed by atoms with Crippen LogP contribution in [0.1, 0.15) is 11.6 Å². The van der Waals surface area contributed by atoms with E-state index in [4.69, 9.17) is 4.74 Å². The van der Waals surface area contributed by atoms with Crippen molar-refractivity contribution < 1.29 is 22.6 Å². The lowest BCUT2D eigenvalue weighted by atomic mass is 10.1. The van der Waals surface area contributed by atoms with Gasteiger partial charge in [0, 0.05) is 0 Å². The molecule has 0 aromatic heterocycles. The number of anilines is 1. The van der Waals surface area contributed by atoms with Gasteiger partial charge >= 0.3 is 6.36 Å². The third-order valence-corrected chi connectivity index (χ3v) is 3.83. The number of halogens is 4. The van der Waals surface area contributed by atoms with Gasteiger partial charge in [0.2, 0.25) is 0 Å². The molecule has 0 spiro atoms. The number of hydrogen-bond acceptors (Lipinski definition) is 3. The number of nitrogens with one attached hydrogen (secondary N) is 1. The van der Waals surface area contributed by atoms with Gasteiger partial charge in [0.05, 0.1) is 16.2 Å². The van der Waals surface area contributed by atoms with Crippen molar-refractivity contribution in [2.75, 3.05) is 11.9 Å². The molecule has 0 amide bonds. The monoisotopic (exact) mass is 373 g/mol. The molecule has 7 heteroatoms. The summed E-state index contributed by atoms with van der Waals surface area (Å²) in [5, 5.41) is 3.30. The molecule has 0 fully saturated rings. The largest absolute Gasteiger partial charge is 0.573 e. The van der Waals surface area contributed by atoms with Crippen LogP contribution in [0.3, 0.4) is 0 Å². The zero-order chi connectivity index (χ0) is 15.7. The van der Waals surface area contributed by atoms with E-state index in [-0.39, 0.29) is 11.8 Å². The summed E-state index contributed by atoms with van der Waals surface area (Å²) in [5.41, 5.74) is 1.65. The molecule has 0 saturated carbocycles. The molecule has 22 heavy (non-hydrogen) atoms. The molecule has 1 unspecified atom stereocenters. The van der Waals surface area contributed by atoms with Gasteiger partial charge in [-0.25, -0.2) is 0 Å². The Balaban J connectivity index is 1.76. The van der Waals surface area contributed by atoms with E-state index in [1.807, 2.05) is 18.2 Å². The zero-order valence-corrected chi connectivity index (χ0v) is 12.7. The van der Waals surface area contributed by atoms with Gasteiger partial charge in [0.1, 0.15) is 12.4 Å². The topological polar surface area (TPSA) is 30.5 Å². The van der Waals surface area contributed by atoms with Gasteiger partial charge < -0.3 is 14.8 Å². The fourth-order valence-electron chi connectivity index (χ4n) is 2.25. The maximum absolute atomic E-state index is 12.1. The zero-order valence-electron chi connectivity index (χ0n) is 11.2. The van der Waals surface area contributed by atoms with Gasteiger partial charge in [-0.2, -0.15) is 0 Å². The van der Waals surface area contributed by atoms with E-state index in [0.717, 1.165) is 21.5 Å². The molecule has 1 N–H and O–H groups in total. The minimum absolute atomic E-state index is 0.137. The molecule has 1 heterocycles. The smallest absolute Gasteiger partial charge is 0.488 e. The highest BCUT2D eigenvalue weighted by Crippen LogP contribution is 2.39. The van der Waals surface area contributed by atoms with Crippen LogP contribution in [0.15, 0.2) is 46.9 Å². The minimum Gasteiger partial charge on any atom is -0.488 e. The van der Waals surface area contributed by atoms with Crippen LogP contribution in [-0.2, 0) is 0 Å². The predicted molar refractivity (Wildman–Crippen MR) is 79.1 cm³/mol. The Morgan fingerprint density at radius 2 is 1.86 bits per heavy atom. The first-order valence-electron chi connectivity index (χ1n) is 6.46. The van der Waals surface area contributed by atoms with E-state index in [0.29, 0.717) is 6.61 Å². The van der Waals surface area contributed by atoms with Crippen molar-refractivity contribution in [2.24, 2.45) is 0 Å². The Bertz CT molecular complexity index is 673. The molecule has 3 rings (SSSR count). The second kappa shape index (κ2) is 5.72. The molecular formula is C15H11BrF3NO2. The van der Waals surface area contributed by atoms with Crippen molar-refractivity contribution in [1.29, 1.82) is 0 Å². The Morgan fingerprint density at radius 1 is 1.14 bits per heavy atom. The van der Waals surface area contributed by atoms with Crippen LogP contribution in [-0.4, -0.2) is 13.0 Å². The fraction of sp³-hybridized carbons (Fsp3) is 0.200. The van der Waals surface area contributed by atoms with E-state index in [1.165, 1.54) is 12.1 Å².